The van der Waals surface area contributed by atoms with Gasteiger partial charge in [0.1, 0.15) is 5.54 Å². The van der Waals surface area contributed by atoms with Crippen LogP contribution in [0.3, 0.4) is 0 Å². The second-order valence-corrected chi connectivity index (χ2v) is 4.64. The zero-order valence-corrected chi connectivity index (χ0v) is 10.1. The van der Waals surface area contributed by atoms with E-state index in [1.807, 2.05) is 13.8 Å². The third kappa shape index (κ3) is 2.62. The summed E-state index contributed by atoms with van der Waals surface area (Å²) in [5.74, 6) is -0.794. The summed E-state index contributed by atoms with van der Waals surface area (Å²) in [5, 5.41) is 12.5. The minimum absolute atomic E-state index is 0.342. The van der Waals surface area contributed by atoms with Crippen molar-refractivity contribution in [2.75, 3.05) is 13.2 Å². The van der Waals surface area contributed by atoms with Crippen LogP contribution in [0, 0.1) is 0 Å². The molecule has 0 bridgehead atoms. The second-order valence-electron chi connectivity index (χ2n) is 4.64. The summed E-state index contributed by atoms with van der Waals surface area (Å²) >= 11 is 0. The number of aliphatic carboxylic acids is 1. The number of ether oxygens (including phenoxy) is 1. The molecule has 16 heavy (non-hydrogen) atoms. The van der Waals surface area contributed by atoms with Crippen molar-refractivity contribution in [3.63, 3.8) is 0 Å². The first-order chi connectivity index (χ1) is 7.48. The molecule has 0 spiro atoms. The lowest BCUT2D eigenvalue weighted by molar-refractivity contribution is -0.160. The van der Waals surface area contributed by atoms with Gasteiger partial charge in [0.15, 0.2) is 0 Å². The fourth-order valence-electron chi connectivity index (χ4n) is 2.15. The standard InChI is InChI=1S/C12H21NO3/c1-4-7-13-12(10(14)15)6-8-16-11(3,5-2)9-12/h4,13H,1,5-9H2,2-3H3,(H,14,15). The van der Waals surface area contributed by atoms with Crippen LogP contribution in [-0.2, 0) is 9.53 Å². The highest BCUT2D eigenvalue weighted by Gasteiger charge is 2.47. The maximum absolute atomic E-state index is 11.4. The van der Waals surface area contributed by atoms with Gasteiger partial charge in [0.25, 0.3) is 0 Å². The molecular formula is C12H21NO3. The van der Waals surface area contributed by atoms with Crippen LogP contribution in [0.15, 0.2) is 12.7 Å². The van der Waals surface area contributed by atoms with Gasteiger partial charge in [0.2, 0.25) is 0 Å². The summed E-state index contributed by atoms with van der Waals surface area (Å²) in [6, 6.07) is 0. The van der Waals surface area contributed by atoms with E-state index in [2.05, 4.69) is 11.9 Å². The molecule has 0 aliphatic carbocycles. The predicted octanol–water partition coefficient (Wildman–Crippen LogP) is 1.56. The molecule has 1 rings (SSSR count). The zero-order chi connectivity index (χ0) is 12.2. The average molecular weight is 227 g/mol. The van der Waals surface area contributed by atoms with Gasteiger partial charge in [-0.05, 0) is 19.8 Å². The minimum Gasteiger partial charge on any atom is -0.480 e. The molecule has 2 atom stereocenters. The number of carboxylic acid groups (broad SMARTS) is 1. The van der Waals surface area contributed by atoms with Crippen molar-refractivity contribution < 1.29 is 14.6 Å². The highest BCUT2D eigenvalue weighted by molar-refractivity contribution is 5.79. The molecule has 4 nitrogen and oxygen atoms in total. The SMILES string of the molecule is C=CCNC1(C(=O)O)CCOC(C)(CC)C1. The van der Waals surface area contributed by atoms with Crippen LogP contribution < -0.4 is 5.32 Å². The van der Waals surface area contributed by atoms with Crippen molar-refractivity contribution in [2.24, 2.45) is 0 Å². The Morgan fingerprint density at radius 2 is 2.38 bits per heavy atom. The van der Waals surface area contributed by atoms with Gasteiger partial charge in [-0.1, -0.05) is 13.0 Å². The summed E-state index contributed by atoms with van der Waals surface area (Å²) in [6.07, 6.45) is 3.51. The van der Waals surface area contributed by atoms with Crippen molar-refractivity contribution in [1.29, 1.82) is 0 Å². The van der Waals surface area contributed by atoms with Gasteiger partial charge >= 0.3 is 5.97 Å². The Hall–Kier alpha value is -0.870. The summed E-state index contributed by atoms with van der Waals surface area (Å²) in [4.78, 5) is 11.4. The van der Waals surface area contributed by atoms with E-state index in [4.69, 9.17) is 4.74 Å². The summed E-state index contributed by atoms with van der Waals surface area (Å²) < 4.78 is 5.67. The van der Waals surface area contributed by atoms with Crippen LogP contribution in [0.5, 0.6) is 0 Å². The van der Waals surface area contributed by atoms with E-state index in [0.29, 0.717) is 26.0 Å². The largest absolute Gasteiger partial charge is 0.480 e. The maximum atomic E-state index is 11.4. The number of hydrogen-bond donors (Lipinski definition) is 2. The molecule has 0 aromatic rings. The highest BCUT2D eigenvalue weighted by Crippen LogP contribution is 2.34. The lowest BCUT2D eigenvalue weighted by Gasteiger charge is -2.44. The first kappa shape index (κ1) is 13.2. The first-order valence-corrected chi connectivity index (χ1v) is 5.71. The Bertz CT molecular complexity index is 279. The van der Waals surface area contributed by atoms with Crippen LogP contribution in [0.2, 0.25) is 0 Å². The van der Waals surface area contributed by atoms with Gasteiger partial charge in [-0.25, -0.2) is 0 Å². The Kier molecular flexibility index (Phi) is 4.10. The van der Waals surface area contributed by atoms with Gasteiger partial charge in [0, 0.05) is 19.6 Å². The molecule has 2 unspecified atom stereocenters. The fraction of sp³-hybridized carbons (Fsp3) is 0.750. The van der Waals surface area contributed by atoms with E-state index in [1.54, 1.807) is 6.08 Å². The number of carbonyl (C=O) groups is 1. The Morgan fingerprint density at radius 3 is 2.88 bits per heavy atom. The van der Waals surface area contributed by atoms with E-state index in [9.17, 15) is 9.90 Å². The topological polar surface area (TPSA) is 58.6 Å². The van der Waals surface area contributed by atoms with Crippen molar-refractivity contribution in [2.45, 2.75) is 44.2 Å². The number of nitrogens with one attached hydrogen (secondary N) is 1. The molecule has 0 radical (unpaired) electrons. The Balaban J connectivity index is 2.84. The first-order valence-electron chi connectivity index (χ1n) is 5.71. The molecule has 0 saturated carbocycles. The van der Waals surface area contributed by atoms with Gasteiger partial charge in [0.05, 0.1) is 5.60 Å². The molecule has 1 aliphatic rings. The minimum atomic E-state index is -0.864. The second kappa shape index (κ2) is 4.97. The average Bonchev–Trinajstić information content (AvgIpc) is 2.26. The quantitative estimate of drug-likeness (QED) is 0.700. The van der Waals surface area contributed by atoms with Crippen LogP contribution in [-0.4, -0.2) is 35.4 Å². The van der Waals surface area contributed by atoms with E-state index in [1.165, 1.54) is 0 Å². The summed E-state index contributed by atoms with van der Waals surface area (Å²) in [7, 11) is 0. The van der Waals surface area contributed by atoms with E-state index >= 15 is 0 Å². The molecular weight excluding hydrogens is 206 g/mol. The molecule has 0 amide bonds. The fourth-order valence-corrected chi connectivity index (χ4v) is 2.15. The molecule has 92 valence electrons. The lowest BCUT2D eigenvalue weighted by atomic mass is 9.79. The third-order valence-electron chi connectivity index (χ3n) is 3.40. The van der Waals surface area contributed by atoms with Gasteiger partial charge < -0.3 is 9.84 Å². The van der Waals surface area contributed by atoms with Crippen LogP contribution in [0.4, 0.5) is 0 Å². The van der Waals surface area contributed by atoms with Crippen molar-refractivity contribution in [3.05, 3.63) is 12.7 Å². The molecule has 2 N–H and O–H groups in total. The maximum Gasteiger partial charge on any atom is 0.324 e. The number of rotatable bonds is 5. The van der Waals surface area contributed by atoms with Crippen molar-refractivity contribution in [3.8, 4) is 0 Å². The van der Waals surface area contributed by atoms with Crippen molar-refractivity contribution in [1.82, 2.24) is 5.32 Å². The van der Waals surface area contributed by atoms with Crippen LogP contribution >= 0.6 is 0 Å². The normalized spacial score (nSPS) is 34.6. The molecule has 4 heteroatoms. The number of hydrogen-bond acceptors (Lipinski definition) is 3. The van der Waals surface area contributed by atoms with Gasteiger partial charge in [-0.2, -0.15) is 0 Å². The van der Waals surface area contributed by atoms with Crippen molar-refractivity contribution >= 4 is 5.97 Å². The molecule has 1 aliphatic heterocycles. The molecule has 0 aromatic heterocycles. The zero-order valence-electron chi connectivity index (χ0n) is 10.1. The Labute approximate surface area is 96.7 Å². The third-order valence-corrected chi connectivity index (χ3v) is 3.40. The Morgan fingerprint density at radius 1 is 1.69 bits per heavy atom. The molecule has 0 aromatic carbocycles. The van der Waals surface area contributed by atoms with E-state index in [0.717, 1.165) is 6.42 Å². The smallest absolute Gasteiger partial charge is 0.324 e. The lowest BCUT2D eigenvalue weighted by Crippen LogP contribution is -2.60. The summed E-state index contributed by atoms with van der Waals surface area (Å²) in [5.41, 5.74) is -1.21. The molecule has 1 heterocycles. The molecule has 1 saturated heterocycles. The predicted molar refractivity (Wildman–Crippen MR) is 62.4 cm³/mol. The van der Waals surface area contributed by atoms with Crippen LogP contribution in [0.1, 0.15) is 33.1 Å². The van der Waals surface area contributed by atoms with E-state index < -0.39 is 11.5 Å². The van der Waals surface area contributed by atoms with Gasteiger partial charge in [-0.15, -0.1) is 6.58 Å². The number of carboxylic acids is 1. The van der Waals surface area contributed by atoms with E-state index in [-0.39, 0.29) is 5.60 Å². The molecule has 1 fully saturated rings. The van der Waals surface area contributed by atoms with Gasteiger partial charge in [-0.3, -0.25) is 10.1 Å². The summed E-state index contributed by atoms with van der Waals surface area (Å²) in [6.45, 7) is 8.59. The van der Waals surface area contributed by atoms with Crippen LogP contribution in [0.25, 0.3) is 0 Å². The highest BCUT2D eigenvalue weighted by atomic mass is 16.5. The monoisotopic (exact) mass is 227 g/mol.